The summed E-state index contributed by atoms with van der Waals surface area (Å²) in [6, 6.07) is 8.87. The van der Waals surface area contributed by atoms with E-state index in [-0.39, 0.29) is 5.75 Å². The highest BCUT2D eigenvalue weighted by molar-refractivity contribution is 6.33. The molecule has 0 saturated heterocycles. The lowest BCUT2D eigenvalue weighted by atomic mass is 10.3. The molecule has 0 aliphatic carbocycles. The number of rotatable bonds is 0. The van der Waals surface area contributed by atoms with Gasteiger partial charge in [-0.1, -0.05) is 11.6 Å². The van der Waals surface area contributed by atoms with E-state index in [1.165, 1.54) is 0 Å². The Labute approximate surface area is 90.5 Å². The Kier molecular flexibility index (Phi) is 1.64. The molecule has 4 heteroatoms. The van der Waals surface area contributed by atoms with Gasteiger partial charge in [0.25, 0.3) is 0 Å². The van der Waals surface area contributed by atoms with Crippen molar-refractivity contribution in [1.82, 2.24) is 9.38 Å². The number of fused-ring (bicyclic) bond motifs is 3. The second kappa shape index (κ2) is 2.87. The topological polar surface area (TPSA) is 37.5 Å². The molecule has 0 aliphatic rings. The van der Waals surface area contributed by atoms with Gasteiger partial charge in [0.15, 0.2) is 5.15 Å². The van der Waals surface area contributed by atoms with Crippen molar-refractivity contribution in [1.29, 1.82) is 0 Å². The molecule has 2 heterocycles. The fraction of sp³-hybridized carbons (Fsp3) is 0. The summed E-state index contributed by atoms with van der Waals surface area (Å²) in [5.74, 6) is 0.192. The van der Waals surface area contributed by atoms with Crippen molar-refractivity contribution < 1.29 is 5.11 Å². The van der Waals surface area contributed by atoms with E-state index in [9.17, 15) is 5.11 Å². The van der Waals surface area contributed by atoms with Crippen LogP contribution in [0.4, 0.5) is 0 Å². The zero-order chi connectivity index (χ0) is 10.4. The van der Waals surface area contributed by atoms with Crippen molar-refractivity contribution >= 4 is 28.2 Å². The first-order chi connectivity index (χ1) is 7.25. The van der Waals surface area contributed by atoms with Crippen molar-refractivity contribution in [3.63, 3.8) is 0 Å². The van der Waals surface area contributed by atoms with E-state index in [0.717, 1.165) is 11.0 Å². The van der Waals surface area contributed by atoms with Crippen molar-refractivity contribution in [2.75, 3.05) is 0 Å². The lowest BCUT2D eigenvalue weighted by molar-refractivity contribution is 0.476. The predicted octanol–water partition coefficient (Wildman–Crippen LogP) is 2.85. The fourth-order valence-corrected chi connectivity index (χ4v) is 1.97. The van der Waals surface area contributed by atoms with Crippen LogP contribution < -0.4 is 0 Å². The van der Waals surface area contributed by atoms with Crippen molar-refractivity contribution in [3.8, 4) is 5.75 Å². The highest BCUT2D eigenvalue weighted by Crippen LogP contribution is 2.24. The first-order valence-electron chi connectivity index (χ1n) is 4.51. The van der Waals surface area contributed by atoms with Crippen LogP contribution in [-0.2, 0) is 0 Å². The molecule has 74 valence electrons. The predicted molar refractivity (Wildman–Crippen MR) is 59.4 cm³/mol. The standard InChI is InChI=1S/C11H7ClN2O/c12-11-10-2-1-5-14(10)9-4-3-7(15)6-8(9)13-11/h1-6,15H. The second-order valence-electron chi connectivity index (χ2n) is 3.34. The average Bonchev–Trinajstić information content (AvgIpc) is 2.66. The highest BCUT2D eigenvalue weighted by atomic mass is 35.5. The zero-order valence-electron chi connectivity index (χ0n) is 7.68. The third-order valence-corrected chi connectivity index (χ3v) is 2.68. The zero-order valence-corrected chi connectivity index (χ0v) is 8.44. The van der Waals surface area contributed by atoms with Gasteiger partial charge in [-0.05, 0) is 24.3 Å². The Bertz CT molecular complexity index is 660. The van der Waals surface area contributed by atoms with E-state index in [1.807, 2.05) is 28.8 Å². The van der Waals surface area contributed by atoms with Gasteiger partial charge in [-0.25, -0.2) is 4.98 Å². The van der Waals surface area contributed by atoms with Crippen molar-refractivity contribution in [3.05, 3.63) is 41.7 Å². The Morgan fingerprint density at radius 3 is 2.93 bits per heavy atom. The summed E-state index contributed by atoms with van der Waals surface area (Å²) >= 11 is 6.02. The molecule has 0 atom stereocenters. The van der Waals surface area contributed by atoms with E-state index in [2.05, 4.69) is 4.98 Å². The van der Waals surface area contributed by atoms with E-state index in [1.54, 1.807) is 12.1 Å². The van der Waals surface area contributed by atoms with Crippen molar-refractivity contribution in [2.45, 2.75) is 0 Å². The molecular formula is C11H7ClN2O. The molecule has 0 spiro atoms. The molecule has 3 nitrogen and oxygen atoms in total. The van der Waals surface area contributed by atoms with Gasteiger partial charge in [0.05, 0.1) is 16.6 Å². The normalized spacial score (nSPS) is 11.3. The molecule has 0 aliphatic heterocycles. The number of hydrogen-bond acceptors (Lipinski definition) is 2. The minimum atomic E-state index is 0.192. The lowest BCUT2D eigenvalue weighted by Crippen LogP contribution is -1.90. The second-order valence-corrected chi connectivity index (χ2v) is 3.70. The summed E-state index contributed by atoms with van der Waals surface area (Å²) < 4.78 is 1.95. The van der Waals surface area contributed by atoms with E-state index in [0.29, 0.717) is 10.7 Å². The summed E-state index contributed by atoms with van der Waals surface area (Å²) in [6.07, 6.45) is 1.92. The van der Waals surface area contributed by atoms with Crippen LogP contribution in [0.25, 0.3) is 16.6 Å². The van der Waals surface area contributed by atoms with Gasteiger partial charge in [0.2, 0.25) is 0 Å². The summed E-state index contributed by atoms with van der Waals surface area (Å²) in [4.78, 5) is 4.22. The highest BCUT2D eigenvalue weighted by Gasteiger charge is 2.05. The van der Waals surface area contributed by atoms with Gasteiger partial charge in [-0.2, -0.15) is 0 Å². The van der Waals surface area contributed by atoms with Gasteiger partial charge in [-0.15, -0.1) is 0 Å². The van der Waals surface area contributed by atoms with Crippen LogP contribution >= 0.6 is 11.6 Å². The van der Waals surface area contributed by atoms with Crippen molar-refractivity contribution in [2.24, 2.45) is 0 Å². The number of phenols is 1. The maximum Gasteiger partial charge on any atom is 0.153 e. The summed E-state index contributed by atoms with van der Waals surface area (Å²) in [7, 11) is 0. The van der Waals surface area contributed by atoms with Gasteiger partial charge in [0, 0.05) is 12.3 Å². The van der Waals surface area contributed by atoms with E-state index >= 15 is 0 Å². The van der Waals surface area contributed by atoms with Gasteiger partial charge in [0.1, 0.15) is 5.75 Å². The lowest BCUT2D eigenvalue weighted by Gasteiger charge is -2.04. The molecule has 1 N–H and O–H groups in total. The van der Waals surface area contributed by atoms with Gasteiger partial charge >= 0.3 is 0 Å². The quantitative estimate of drug-likeness (QED) is 0.630. The number of hydrogen-bond donors (Lipinski definition) is 1. The minimum absolute atomic E-state index is 0.192. The molecule has 0 amide bonds. The summed E-state index contributed by atoms with van der Waals surface area (Å²) in [5.41, 5.74) is 2.48. The molecular weight excluding hydrogens is 212 g/mol. The monoisotopic (exact) mass is 218 g/mol. The van der Waals surface area contributed by atoms with Crippen LogP contribution in [0, 0.1) is 0 Å². The SMILES string of the molecule is Oc1ccc2c(c1)nc(Cl)c1cccn12. The van der Waals surface area contributed by atoms with Gasteiger partial charge in [-0.3, -0.25) is 0 Å². The average molecular weight is 219 g/mol. The Morgan fingerprint density at radius 1 is 1.20 bits per heavy atom. The van der Waals surface area contributed by atoms with Crippen LogP contribution in [0.1, 0.15) is 0 Å². The van der Waals surface area contributed by atoms with Crippen LogP contribution in [0.2, 0.25) is 5.15 Å². The smallest absolute Gasteiger partial charge is 0.153 e. The first kappa shape index (κ1) is 8.56. The summed E-state index contributed by atoms with van der Waals surface area (Å²) in [5, 5.41) is 9.79. The number of phenolic OH excluding ortho intramolecular Hbond substituents is 1. The number of halogens is 1. The molecule has 3 rings (SSSR count). The minimum Gasteiger partial charge on any atom is -0.508 e. The number of aromatic nitrogens is 2. The van der Waals surface area contributed by atoms with Gasteiger partial charge < -0.3 is 9.51 Å². The first-order valence-corrected chi connectivity index (χ1v) is 4.89. The third-order valence-electron chi connectivity index (χ3n) is 2.40. The van der Waals surface area contributed by atoms with Crippen LogP contribution in [0.15, 0.2) is 36.5 Å². The molecule has 0 radical (unpaired) electrons. The molecule has 0 unspecified atom stereocenters. The fourth-order valence-electron chi connectivity index (χ4n) is 1.73. The Balaban J connectivity index is 2.60. The van der Waals surface area contributed by atoms with Crippen LogP contribution in [-0.4, -0.2) is 14.5 Å². The summed E-state index contributed by atoms with van der Waals surface area (Å²) in [6.45, 7) is 0. The molecule has 3 aromatic rings. The number of aromatic hydroxyl groups is 1. The largest absolute Gasteiger partial charge is 0.508 e. The molecule has 0 fully saturated rings. The Morgan fingerprint density at radius 2 is 2.07 bits per heavy atom. The van der Waals surface area contributed by atoms with Crippen LogP contribution in [0.5, 0.6) is 5.75 Å². The maximum atomic E-state index is 9.35. The van der Waals surface area contributed by atoms with E-state index in [4.69, 9.17) is 11.6 Å². The number of benzene rings is 1. The molecule has 15 heavy (non-hydrogen) atoms. The van der Waals surface area contributed by atoms with Crippen LogP contribution in [0.3, 0.4) is 0 Å². The van der Waals surface area contributed by atoms with E-state index < -0.39 is 0 Å². The molecule has 0 saturated carbocycles. The molecule has 0 bridgehead atoms. The maximum absolute atomic E-state index is 9.35. The molecule has 2 aromatic heterocycles. The third kappa shape index (κ3) is 1.17. The number of nitrogens with zero attached hydrogens (tertiary/aromatic N) is 2. The Hall–Kier alpha value is -1.74. The molecule has 1 aromatic carbocycles.